The molecule has 0 radical (unpaired) electrons. The molecule has 18 heteroatoms. The Morgan fingerprint density at radius 3 is 2.01 bits per heavy atom. The molecular weight excluding hydrogens is 978 g/mol. The van der Waals surface area contributed by atoms with Crippen molar-refractivity contribution < 1.29 is 14.2 Å². The van der Waals surface area contributed by atoms with Gasteiger partial charge in [0.05, 0.1) is 45.8 Å². The van der Waals surface area contributed by atoms with Crippen molar-refractivity contribution in [3.05, 3.63) is 190 Å². The lowest BCUT2D eigenvalue weighted by Gasteiger charge is -2.18. The number of para-hydroxylation sites is 2. The van der Waals surface area contributed by atoms with Gasteiger partial charge in [0, 0.05) is 90.0 Å². The van der Waals surface area contributed by atoms with Crippen LogP contribution in [0, 0.1) is 32.1 Å². The predicted octanol–water partition coefficient (Wildman–Crippen LogP) is 9.79. The quantitative estimate of drug-likeness (QED) is 0.0443. The molecule has 0 aliphatic heterocycles. The van der Waals surface area contributed by atoms with Crippen LogP contribution >= 0.6 is 23.2 Å². The van der Waals surface area contributed by atoms with Crippen LogP contribution in [0.3, 0.4) is 0 Å². The Hall–Kier alpha value is -8.23. The van der Waals surface area contributed by atoms with E-state index in [0.717, 1.165) is 44.7 Å². The number of anilines is 1. The molecule has 0 atom stereocenters. The van der Waals surface area contributed by atoms with Crippen molar-refractivity contribution in [2.24, 2.45) is 9.98 Å². The first kappa shape index (κ1) is 52.1. The molecule has 0 saturated carbocycles. The van der Waals surface area contributed by atoms with Gasteiger partial charge in [0.25, 0.3) is 11.1 Å². The number of nitriles is 1. The normalized spacial score (nSPS) is 11.9. The third kappa shape index (κ3) is 11.7. The van der Waals surface area contributed by atoms with Crippen LogP contribution in [0.15, 0.2) is 123 Å². The standard InChI is InChI=1S/C56H53Cl2N11O5/c1-8-39(36(5)61-7)42-23-33(2)64-53-40(42)15-9-17-50(53)73-32-44-46(58)26-52(66-49(44)30-68-20-11-13-37(27-59)55(68)70)72-22-19-62-67-47-25-35(4)65-54-41(47)16-10-18-51(54)74-31-43-45(57)24-34(3)63-48(43)29-69-21-12-14-38(28-60-6)56(69)71/h8-18,20-21,23-26,28,62H,19,22,29-32H2,1-7H3,(H,65,67). The fraction of sp³-hybridized carbons (Fsp3) is 0.232. The van der Waals surface area contributed by atoms with Crippen LogP contribution in [0.5, 0.6) is 17.4 Å². The number of benzene rings is 2. The first-order valence-corrected chi connectivity index (χ1v) is 24.4. The fourth-order valence-corrected chi connectivity index (χ4v) is 9.10. The van der Waals surface area contributed by atoms with E-state index < -0.39 is 5.56 Å². The van der Waals surface area contributed by atoms with E-state index in [9.17, 15) is 14.9 Å². The van der Waals surface area contributed by atoms with Crippen molar-refractivity contribution in [3.63, 3.8) is 0 Å². The maximum atomic E-state index is 13.3. The molecule has 0 fully saturated rings. The molecule has 2 aromatic carbocycles. The molecule has 0 bridgehead atoms. The minimum Gasteiger partial charge on any atom is -0.486 e. The van der Waals surface area contributed by atoms with Crippen LogP contribution in [0.1, 0.15) is 70.1 Å². The summed E-state index contributed by atoms with van der Waals surface area (Å²) in [4.78, 5) is 54.2. The molecule has 0 spiro atoms. The third-order valence-corrected chi connectivity index (χ3v) is 12.8. The lowest BCUT2D eigenvalue weighted by atomic mass is 9.96. The first-order valence-electron chi connectivity index (χ1n) is 23.6. The maximum absolute atomic E-state index is 13.3. The van der Waals surface area contributed by atoms with E-state index >= 15 is 0 Å². The van der Waals surface area contributed by atoms with Gasteiger partial charge in [0.1, 0.15) is 54.0 Å². The zero-order valence-corrected chi connectivity index (χ0v) is 43.5. The summed E-state index contributed by atoms with van der Waals surface area (Å²) in [7, 11) is 3.39. The second-order valence-corrected chi connectivity index (χ2v) is 18.0. The molecule has 2 N–H and O–H groups in total. The highest BCUT2D eigenvalue weighted by Crippen LogP contribution is 2.35. The van der Waals surface area contributed by atoms with Crippen LogP contribution < -0.4 is 36.2 Å². The highest BCUT2D eigenvalue weighted by molar-refractivity contribution is 6.32. The number of pyridine rings is 6. The number of aromatic nitrogens is 6. The van der Waals surface area contributed by atoms with Crippen molar-refractivity contribution in [3.8, 4) is 23.4 Å². The minimum atomic E-state index is -0.469. The Balaban J connectivity index is 0.982. The number of nitrogens with zero attached hydrogens (tertiary/aromatic N) is 9. The van der Waals surface area contributed by atoms with Gasteiger partial charge >= 0.3 is 0 Å². The Bertz CT molecular complexity index is 3690. The van der Waals surface area contributed by atoms with Crippen LogP contribution in [0.25, 0.3) is 27.4 Å². The second-order valence-electron chi connectivity index (χ2n) is 17.2. The van der Waals surface area contributed by atoms with Gasteiger partial charge in [-0.3, -0.25) is 24.6 Å². The monoisotopic (exact) mass is 1030 g/mol. The number of halogens is 2. The van der Waals surface area contributed by atoms with Crippen molar-refractivity contribution >= 4 is 68.2 Å². The van der Waals surface area contributed by atoms with Gasteiger partial charge < -0.3 is 28.8 Å². The molecule has 74 heavy (non-hydrogen) atoms. The number of fused-ring (bicyclic) bond motifs is 2. The minimum absolute atomic E-state index is 0.00431. The highest BCUT2D eigenvalue weighted by atomic mass is 35.5. The summed E-state index contributed by atoms with van der Waals surface area (Å²) < 4.78 is 22.1. The van der Waals surface area contributed by atoms with Crippen LogP contribution in [-0.2, 0) is 26.3 Å². The van der Waals surface area contributed by atoms with Crippen molar-refractivity contribution in [2.45, 2.75) is 60.9 Å². The average Bonchev–Trinajstić information content (AvgIpc) is 3.38. The molecule has 0 unspecified atom stereocenters. The van der Waals surface area contributed by atoms with Gasteiger partial charge in [-0.25, -0.2) is 20.4 Å². The lowest BCUT2D eigenvalue weighted by Crippen LogP contribution is -2.27. The van der Waals surface area contributed by atoms with Crippen LogP contribution in [0.2, 0.25) is 10.0 Å². The topological polar surface area (TPSA) is 196 Å². The largest absolute Gasteiger partial charge is 0.486 e. The Morgan fingerprint density at radius 2 is 1.35 bits per heavy atom. The van der Waals surface area contributed by atoms with Crippen LogP contribution in [0.4, 0.5) is 5.69 Å². The smallest absolute Gasteiger partial charge is 0.268 e. The summed E-state index contributed by atoms with van der Waals surface area (Å²) >= 11 is 13.8. The van der Waals surface area contributed by atoms with Crippen molar-refractivity contribution in [2.75, 3.05) is 32.7 Å². The highest BCUT2D eigenvalue weighted by Gasteiger charge is 2.20. The van der Waals surface area contributed by atoms with E-state index in [4.69, 9.17) is 57.3 Å². The molecule has 8 aromatic rings. The Kier molecular flexibility index (Phi) is 16.6. The number of ether oxygens (including phenoxy) is 3. The lowest BCUT2D eigenvalue weighted by molar-refractivity contribution is 0.297. The van der Waals surface area contributed by atoms with E-state index in [1.807, 2.05) is 95.3 Å². The number of aryl methyl sites for hydroxylation is 3. The zero-order chi connectivity index (χ0) is 52.5. The van der Waals surface area contributed by atoms with Gasteiger partial charge in [0.2, 0.25) is 5.88 Å². The average molecular weight is 1030 g/mol. The predicted molar refractivity (Wildman–Crippen MR) is 293 cm³/mol. The van der Waals surface area contributed by atoms with E-state index in [1.54, 1.807) is 61.4 Å². The SMILES string of the molecule is CC=C(C(C)=NC)c1cc(C)nc2c(OCc3c(Cl)cc(OCCNNc4cc(C)nc5c(OCc6c(Cl)cc(C)nc6Cn6cccc(C=NC)c6=O)cccc45)nc3Cn3cccc(C#N)c3=O)cccc12. The molecule has 0 amide bonds. The van der Waals surface area contributed by atoms with E-state index in [-0.39, 0.29) is 49.9 Å². The molecule has 0 saturated heterocycles. The summed E-state index contributed by atoms with van der Waals surface area (Å²) in [5.74, 6) is 1.29. The third-order valence-electron chi connectivity index (χ3n) is 12.1. The van der Waals surface area contributed by atoms with Gasteiger partial charge in [-0.1, -0.05) is 53.5 Å². The summed E-state index contributed by atoms with van der Waals surface area (Å²) in [6, 6.07) is 27.4. The first-order chi connectivity index (χ1) is 35.8. The van der Waals surface area contributed by atoms with Crippen molar-refractivity contribution in [1.29, 1.82) is 5.26 Å². The van der Waals surface area contributed by atoms with E-state index in [0.29, 0.717) is 72.9 Å². The van der Waals surface area contributed by atoms with Gasteiger partial charge in [-0.2, -0.15) is 5.26 Å². The number of rotatable bonds is 19. The molecule has 8 rings (SSSR count). The number of allylic oxidation sites excluding steroid dienone is 2. The molecule has 376 valence electrons. The van der Waals surface area contributed by atoms with Crippen molar-refractivity contribution in [1.82, 2.24) is 34.5 Å². The molecule has 0 aliphatic carbocycles. The van der Waals surface area contributed by atoms with E-state index in [1.165, 1.54) is 16.8 Å². The van der Waals surface area contributed by atoms with Gasteiger partial charge in [-0.15, -0.1) is 0 Å². The molecule has 6 heterocycles. The number of hydrazine groups is 1. The van der Waals surface area contributed by atoms with Crippen LogP contribution in [-0.4, -0.2) is 68.2 Å². The molecule has 6 aromatic heterocycles. The summed E-state index contributed by atoms with van der Waals surface area (Å²) in [5, 5.41) is 12.1. The van der Waals surface area contributed by atoms with Gasteiger partial charge in [0.15, 0.2) is 0 Å². The van der Waals surface area contributed by atoms with E-state index in [2.05, 4.69) is 20.8 Å². The summed E-state index contributed by atoms with van der Waals surface area (Å²) in [6.45, 7) is 10.4. The second kappa shape index (κ2) is 23.5. The number of aliphatic imine (C=N–C) groups is 2. The molecule has 16 nitrogen and oxygen atoms in total. The molecule has 0 aliphatic rings. The Morgan fingerprint density at radius 1 is 0.743 bits per heavy atom. The maximum Gasteiger partial charge on any atom is 0.268 e. The summed E-state index contributed by atoms with van der Waals surface area (Å²) in [5.41, 5.74) is 15.7. The van der Waals surface area contributed by atoms with Gasteiger partial charge in [-0.05, 0) is 100 Å². The fourth-order valence-electron chi connectivity index (χ4n) is 8.52. The number of hydrogen-bond acceptors (Lipinski definition) is 14. The molecular formula is C56H53Cl2N11O5. The zero-order valence-electron chi connectivity index (χ0n) is 42.0. The summed E-state index contributed by atoms with van der Waals surface area (Å²) in [6.07, 6.45) is 6.87. The number of hydrogen-bond donors (Lipinski definition) is 2. The Labute approximate surface area is 437 Å². The number of nitrogens with one attached hydrogen (secondary N) is 2.